The molecule has 55 heavy (non-hydrogen) atoms. The van der Waals surface area contributed by atoms with E-state index < -0.39 is 0 Å². The maximum absolute atomic E-state index is 6.79. The summed E-state index contributed by atoms with van der Waals surface area (Å²) in [6.07, 6.45) is 1.93. The molecule has 5 heteroatoms. The molecule has 10 rings (SSSR count). The summed E-state index contributed by atoms with van der Waals surface area (Å²) >= 11 is 0. The van der Waals surface area contributed by atoms with Gasteiger partial charge in [0.15, 0.2) is 18.0 Å². The van der Waals surface area contributed by atoms with E-state index in [1.54, 1.807) is 0 Å². The molecule has 0 N–H and O–H groups in total. The maximum atomic E-state index is 6.79. The highest BCUT2D eigenvalue weighted by atomic mass is 16.5. The van der Waals surface area contributed by atoms with Gasteiger partial charge in [0.2, 0.25) is 11.4 Å². The van der Waals surface area contributed by atoms with Crippen LogP contribution in [-0.2, 0) is 10.8 Å². The number of aromatic nitrogens is 2. The first-order valence-corrected chi connectivity index (χ1v) is 19.2. The molecule has 6 aromatic carbocycles. The molecular weight excluding hydrogens is 673 g/mol. The highest BCUT2D eigenvalue weighted by molar-refractivity contribution is 6.10. The van der Waals surface area contributed by atoms with Crippen molar-refractivity contribution in [2.75, 3.05) is 0 Å². The molecule has 4 heterocycles. The standard InChI is InChI=1S/C50H45N4O/c1-49(2,3)36-16-12-17-38(29-36)53-33-54(53,47-21-11-10-20-46(47)53)39-18-13-19-40(31-39)55-41-23-24-42-43-28-35(34-14-8-7-9-15-34)22-25-44(43)52(45(42)32-41)48-30-37(26-27-51-48)50(4,5)6/h7-33H,1-6H3/q+1/t53-,54?/m0/s1. The predicted molar refractivity (Wildman–Crippen MR) is 228 cm³/mol. The molecule has 2 aliphatic heterocycles. The van der Waals surface area contributed by atoms with Gasteiger partial charge in [0.25, 0.3) is 0 Å². The first-order chi connectivity index (χ1) is 26.5. The molecule has 0 aliphatic carbocycles. The number of rotatable bonds is 6. The molecular formula is C50H45N4O+. The Bertz CT molecular complexity index is 2810. The Morgan fingerprint density at radius 1 is 0.509 bits per heavy atom. The Kier molecular flexibility index (Phi) is 7.16. The van der Waals surface area contributed by atoms with Gasteiger partial charge in [-0.05, 0) is 75.5 Å². The number of nitrogens with zero attached hydrogens (tertiary/aromatic N) is 4. The van der Waals surface area contributed by atoms with Crippen LogP contribution in [0.3, 0.4) is 0 Å². The lowest BCUT2D eigenvalue weighted by Gasteiger charge is -2.40. The molecule has 0 spiro atoms. The lowest BCUT2D eigenvalue weighted by molar-refractivity contribution is 0.423. The van der Waals surface area contributed by atoms with Crippen molar-refractivity contribution >= 4 is 44.6 Å². The van der Waals surface area contributed by atoms with Crippen LogP contribution in [0.2, 0.25) is 0 Å². The van der Waals surface area contributed by atoms with Crippen LogP contribution in [0.1, 0.15) is 52.7 Å². The van der Waals surface area contributed by atoms with Gasteiger partial charge in [0.1, 0.15) is 17.3 Å². The summed E-state index contributed by atoms with van der Waals surface area (Å²) in [6, 6.07) is 54.7. The van der Waals surface area contributed by atoms with Gasteiger partial charge in [0.05, 0.1) is 11.0 Å². The molecule has 1 fully saturated rings. The number of para-hydroxylation sites is 2. The maximum Gasteiger partial charge on any atom is 0.225 e. The highest BCUT2D eigenvalue weighted by Crippen LogP contribution is 2.75. The topological polar surface area (TPSA) is 27.1 Å². The fourth-order valence-electron chi connectivity index (χ4n) is 8.66. The molecule has 270 valence electrons. The lowest BCUT2D eigenvalue weighted by Crippen LogP contribution is -2.46. The van der Waals surface area contributed by atoms with E-state index in [0.717, 1.165) is 33.7 Å². The number of fused-ring (bicyclic) bond motifs is 7. The normalized spacial score (nSPS) is 18.8. The number of benzene rings is 6. The minimum atomic E-state index is -0.0140. The van der Waals surface area contributed by atoms with Gasteiger partial charge in [0, 0.05) is 59.4 Å². The van der Waals surface area contributed by atoms with Gasteiger partial charge in [-0.15, -0.1) is 0 Å². The van der Waals surface area contributed by atoms with Crippen LogP contribution in [0, 0.1) is 6.67 Å². The number of ether oxygens (including phenoxy) is 1. The first-order valence-electron chi connectivity index (χ1n) is 19.2. The Hall–Kier alpha value is -6.01. The van der Waals surface area contributed by atoms with E-state index in [9.17, 15) is 0 Å². The Balaban J connectivity index is 1.07. The fourth-order valence-corrected chi connectivity index (χ4v) is 8.66. The molecule has 1 unspecified atom stereocenters. The van der Waals surface area contributed by atoms with E-state index in [2.05, 4.69) is 204 Å². The van der Waals surface area contributed by atoms with Crippen molar-refractivity contribution in [2.24, 2.45) is 0 Å². The second kappa shape index (κ2) is 11.7. The van der Waals surface area contributed by atoms with Crippen molar-refractivity contribution in [2.45, 2.75) is 52.4 Å². The van der Waals surface area contributed by atoms with Crippen molar-refractivity contribution in [3.05, 3.63) is 176 Å². The number of hydrogen-bond acceptors (Lipinski definition) is 2. The number of pyridine rings is 1. The SMILES string of the molecule is CC(C)(C)c1cccc([N@+]23[CH-][N+]2(c2cccc(Oc4ccc5c6cc(-c7ccccc7)ccc6n(-c6cc(C(C)(C)C)ccn6)c5c4)c2)c2ccccc23)c1. The van der Waals surface area contributed by atoms with Crippen LogP contribution >= 0.6 is 0 Å². The van der Waals surface area contributed by atoms with Crippen molar-refractivity contribution in [3.8, 4) is 28.4 Å². The van der Waals surface area contributed by atoms with Crippen molar-refractivity contribution in [1.82, 2.24) is 18.7 Å². The second-order valence-electron chi connectivity index (χ2n) is 17.1. The average molecular weight is 718 g/mol. The van der Waals surface area contributed by atoms with Gasteiger partial charge in [-0.25, -0.2) is 4.98 Å². The largest absolute Gasteiger partial charge is 0.457 e. The molecule has 2 aromatic heterocycles. The van der Waals surface area contributed by atoms with Crippen LogP contribution in [0.15, 0.2) is 158 Å². The number of quaternary nitrogens is 2. The Morgan fingerprint density at radius 2 is 1.16 bits per heavy atom. The fraction of sp³-hybridized carbons (Fsp3) is 0.160. The van der Waals surface area contributed by atoms with E-state index >= 15 is 0 Å². The van der Waals surface area contributed by atoms with Gasteiger partial charge in [-0.1, -0.05) is 108 Å². The second-order valence-corrected chi connectivity index (χ2v) is 17.1. The van der Waals surface area contributed by atoms with E-state index in [4.69, 9.17) is 9.72 Å². The Morgan fingerprint density at radius 3 is 1.89 bits per heavy atom. The zero-order valence-electron chi connectivity index (χ0n) is 32.3. The monoisotopic (exact) mass is 717 g/mol. The summed E-state index contributed by atoms with van der Waals surface area (Å²) in [7, 11) is 0. The quantitative estimate of drug-likeness (QED) is 0.0973. The van der Waals surface area contributed by atoms with Gasteiger partial charge in [-0.3, -0.25) is 4.57 Å². The molecule has 0 amide bonds. The predicted octanol–water partition coefficient (Wildman–Crippen LogP) is 13.6. The van der Waals surface area contributed by atoms with E-state index in [-0.39, 0.29) is 10.8 Å². The lowest BCUT2D eigenvalue weighted by atomic mass is 9.87. The first kappa shape index (κ1) is 33.6. The zero-order chi connectivity index (χ0) is 37.7. The molecule has 5 nitrogen and oxygen atoms in total. The highest BCUT2D eigenvalue weighted by Gasteiger charge is 2.77. The summed E-state index contributed by atoms with van der Waals surface area (Å²) < 4.78 is 10.4. The summed E-state index contributed by atoms with van der Waals surface area (Å²) in [5.74, 6) is 2.48. The number of hydrogen-bond donors (Lipinski definition) is 0. The Labute approximate surface area is 323 Å². The summed E-state index contributed by atoms with van der Waals surface area (Å²) in [6.45, 7) is 16.0. The minimum absolute atomic E-state index is 0.0140. The minimum Gasteiger partial charge on any atom is -0.457 e. The molecule has 0 bridgehead atoms. The third-order valence-electron chi connectivity index (χ3n) is 11.6. The van der Waals surface area contributed by atoms with Crippen molar-refractivity contribution in [1.29, 1.82) is 0 Å². The molecule has 0 saturated carbocycles. The average Bonchev–Trinajstić information content (AvgIpc) is 3.69. The third kappa shape index (κ3) is 5.03. The molecule has 2 atom stereocenters. The van der Waals surface area contributed by atoms with Crippen molar-refractivity contribution in [3.63, 3.8) is 0 Å². The summed E-state index contributed by atoms with van der Waals surface area (Å²) in [5.41, 5.74) is 12.2. The van der Waals surface area contributed by atoms with Crippen LogP contribution < -0.4 is 13.9 Å². The molecule has 2 aliphatic rings. The van der Waals surface area contributed by atoms with Crippen LogP contribution in [-0.4, -0.2) is 9.55 Å². The molecule has 1 saturated heterocycles. The van der Waals surface area contributed by atoms with E-state index in [1.807, 2.05) is 6.20 Å². The van der Waals surface area contributed by atoms with E-state index in [0.29, 0.717) is 9.18 Å². The van der Waals surface area contributed by atoms with Crippen LogP contribution in [0.5, 0.6) is 11.5 Å². The smallest absolute Gasteiger partial charge is 0.225 e. The molecule has 8 aromatic rings. The summed E-state index contributed by atoms with van der Waals surface area (Å²) in [4.78, 5) is 4.93. The van der Waals surface area contributed by atoms with Crippen LogP contribution in [0.4, 0.5) is 22.7 Å². The summed E-state index contributed by atoms with van der Waals surface area (Å²) in [5, 5.41) is 2.34. The van der Waals surface area contributed by atoms with Crippen molar-refractivity contribution < 1.29 is 4.74 Å². The van der Waals surface area contributed by atoms with Gasteiger partial charge < -0.3 is 4.74 Å². The molecule has 0 radical (unpaired) electrons. The van der Waals surface area contributed by atoms with E-state index in [1.165, 1.54) is 50.4 Å². The third-order valence-corrected chi connectivity index (χ3v) is 11.6. The zero-order valence-corrected chi connectivity index (χ0v) is 32.3. The van der Waals surface area contributed by atoms with Gasteiger partial charge >= 0.3 is 0 Å². The van der Waals surface area contributed by atoms with Crippen LogP contribution in [0.25, 0.3) is 38.8 Å². The van der Waals surface area contributed by atoms with Gasteiger partial charge in [-0.2, -0.15) is 9.18 Å².